The summed E-state index contributed by atoms with van der Waals surface area (Å²) < 4.78 is 7.38. The molecule has 1 aliphatic heterocycles. The second-order valence-electron chi connectivity index (χ2n) is 6.78. The van der Waals surface area contributed by atoms with E-state index in [9.17, 15) is 4.79 Å². The SMILES string of the molecule is COc1ccc(C)c(-n2c(N)c3c4c(c(C)cnc42)CCNC3=O)c1C. The van der Waals surface area contributed by atoms with Crippen LogP contribution in [0.25, 0.3) is 16.7 Å². The van der Waals surface area contributed by atoms with Crippen molar-refractivity contribution in [2.75, 3.05) is 19.4 Å². The van der Waals surface area contributed by atoms with Gasteiger partial charge in [-0.2, -0.15) is 0 Å². The smallest absolute Gasteiger partial charge is 0.255 e. The van der Waals surface area contributed by atoms with Crippen molar-refractivity contribution in [3.63, 3.8) is 0 Å². The first-order valence-corrected chi connectivity index (χ1v) is 8.66. The molecule has 3 aromatic rings. The van der Waals surface area contributed by atoms with E-state index >= 15 is 0 Å². The molecule has 0 bridgehead atoms. The molecule has 134 valence electrons. The third kappa shape index (κ3) is 2.11. The number of pyridine rings is 1. The van der Waals surface area contributed by atoms with Crippen molar-refractivity contribution in [2.45, 2.75) is 27.2 Å². The number of aromatic nitrogens is 2. The van der Waals surface area contributed by atoms with Gasteiger partial charge in [-0.05, 0) is 49.9 Å². The molecular formula is C20H22N4O2. The van der Waals surface area contributed by atoms with Crippen LogP contribution < -0.4 is 15.8 Å². The standard InChI is InChI=1S/C20H22N4O2/c1-10-5-6-14(26-4)12(3)17(10)24-18(21)16-15-13(7-8-22-20(16)25)11(2)9-23-19(15)24/h5-6,9H,7-8,21H2,1-4H3,(H,22,25). The maximum atomic E-state index is 12.7. The largest absolute Gasteiger partial charge is 0.496 e. The highest BCUT2D eigenvalue weighted by Crippen LogP contribution is 2.38. The molecule has 6 nitrogen and oxygen atoms in total. The number of carbonyl (C=O) groups excluding carboxylic acids is 1. The summed E-state index contributed by atoms with van der Waals surface area (Å²) in [5.41, 5.74) is 12.9. The number of ether oxygens (including phenoxy) is 1. The first-order valence-electron chi connectivity index (χ1n) is 8.66. The number of nitrogens with one attached hydrogen (secondary N) is 1. The topological polar surface area (TPSA) is 82.2 Å². The molecule has 0 unspecified atom stereocenters. The van der Waals surface area contributed by atoms with Gasteiger partial charge in [-0.25, -0.2) is 4.98 Å². The number of methoxy groups -OCH3 is 1. The molecule has 3 heterocycles. The van der Waals surface area contributed by atoms with Crippen molar-refractivity contribution in [1.29, 1.82) is 0 Å². The van der Waals surface area contributed by atoms with Crippen LogP contribution in [-0.4, -0.2) is 29.1 Å². The van der Waals surface area contributed by atoms with Crippen LogP contribution in [0.5, 0.6) is 5.75 Å². The van der Waals surface area contributed by atoms with Gasteiger partial charge in [-0.3, -0.25) is 9.36 Å². The molecule has 0 aliphatic carbocycles. The molecule has 0 saturated carbocycles. The Kier molecular flexibility index (Phi) is 3.64. The van der Waals surface area contributed by atoms with Gasteiger partial charge >= 0.3 is 0 Å². The van der Waals surface area contributed by atoms with Gasteiger partial charge in [0, 0.05) is 23.7 Å². The maximum absolute atomic E-state index is 12.7. The summed E-state index contributed by atoms with van der Waals surface area (Å²) in [6, 6.07) is 3.93. The van der Waals surface area contributed by atoms with Gasteiger partial charge in [-0.1, -0.05) is 6.07 Å². The number of nitrogen functional groups attached to an aromatic ring is 1. The van der Waals surface area contributed by atoms with Crippen LogP contribution in [0.2, 0.25) is 0 Å². The normalized spacial score (nSPS) is 13.6. The van der Waals surface area contributed by atoms with E-state index < -0.39 is 0 Å². The molecule has 2 aromatic heterocycles. The molecule has 0 atom stereocenters. The highest BCUT2D eigenvalue weighted by atomic mass is 16.5. The number of nitrogens with two attached hydrogens (primary N) is 1. The minimum absolute atomic E-state index is 0.143. The van der Waals surface area contributed by atoms with Crippen molar-refractivity contribution in [3.8, 4) is 11.4 Å². The minimum atomic E-state index is -0.143. The molecule has 6 heteroatoms. The summed E-state index contributed by atoms with van der Waals surface area (Å²) in [4.78, 5) is 17.4. The summed E-state index contributed by atoms with van der Waals surface area (Å²) in [6.45, 7) is 6.64. The Morgan fingerprint density at radius 3 is 2.73 bits per heavy atom. The lowest BCUT2D eigenvalue weighted by Crippen LogP contribution is -2.24. The maximum Gasteiger partial charge on any atom is 0.255 e. The van der Waals surface area contributed by atoms with Gasteiger partial charge < -0.3 is 15.8 Å². The quantitative estimate of drug-likeness (QED) is 0.744. The molecule has 4 rings (SSSR count). The number of hydrogen-bond donors (Lipinski definition) is 2. The molecular weight excluding hydrogens is 328 g/mol. The monoisotopic (exact) mass is 350 g/mol. The Morgan fingerprint density at radius 2 is 2.00 bits per heavy atom. The number of aryl methyl sites for hydroxylation is 2. The lowest BCUT2D eigenvalue weighted by Gasteiger charge is -2.17. The molecule has 3 N–H and O–H groups in total. The van der Waals surface area contributed by atoms with Crippen LogP contribution in [0, 0.1) is 20.8 Å². The summed E-state index contributed by atoms with van der Waals surface area (Å²) in [5.74, 6) is 1.05. The van der Waals surface area contributed by atoms with Crippen LogP contribution in [0.3, 0.4) is 0 Å². The lowest BCUT2D eigenvalue weighted by molar-refractivity contribution is 0.0958. The highest BCUT2D eigenvalue weighted by molar-refractivity contribution is 6.13. The fourth-order valence-corrected chi connectivity index (χ4v) is 3.97. The third-order valence-corrected chi connectivity index (χ3v) is 5.25. The Bertz CT molecular complexity index is 1070. The summed E-state index contributed by atoms with van der Waals surface area (Å²) >= 11 is 0. The van der Waals surface area contributed by atoms with Crippen molar-refractivity contribution in [2.24, 2.45) is 0 Å². The Labute approximate surface area is 152 Å². The zero-order valence-corrected chi connectivity index (χ0v) is 15.4. The summed E-state index contributed by atoms with van der Waals surface area (Å²) in [5, 5.41) is 3.81. The van der Waals surface area contributed by atoms with Gasteiger partial charge in [0.05, 0.1) is 18.4 Å². The van der Waals surface area contributed by atoms with E-state index in [4.69, 9.17) is 10.5 Å². The number of anilines is 1. The molecule has 0 spiro atoms. The zero-order chi connectivity index (χ0) is 18.6. The Morgan fingerprint density at radius 1 is 1.23 bits per heavy atom. The van der Waals surface area contributed by atoms with Gasteiger partial charge in [-0.15, -0.1) is 0 Å². The molecule has 1 aliphatic rings. The van der Waals surface area contributed by atoms with Crippen molar-refractivity contribution in [3.05, 3.63) is 46.1 Å². The van der Waals surface area contributed by atoms with Crippen LogP contribution in [0.1, 0.15) is 32.6 Å². The van der Waals surface area contributed by atoms with E-state index in [1.54, 1.807) is 7.11 Å². The fourth-order valence-electron chi connectivity index (χ4n) is 3.97. The van der Waals surface area contributed by atoms with Gasteiger partial charge in [0.1, 0.15) is 17.2 Å². The van der Waals surface area contributed by atoms with Crippen molar-refractivity contribution < 1.29 is 9.53 Å². The number of rotatable bonds is 2. The number of benzene rings is 1. The van der Waals surface area contributed by atoms with E-state index in [-0.39, 0.29) is 5.91 Å². The minimum Gasteiger partial charge on any atom is -0.496 e. The molecule has 0 radical (unpaired) electrons. The summed E-state index contributed by atoms with van der Waals surface area (Å²) in [6.07, 6.45) is 2.63. The highest BCUT2D eigenvalue weighted by Gasteiger charge is 2.29. The molecule has 1 aromatic carbocycles. The van der Waals surface area contributed by atoms with Crippen LogP contribution in [0.4, 0.5) is 5.82 Å². The van der Waals surface area contributed by atoms with Crippen LogP contribution in [-0.2, 0) is 6.42 Å². The number of hydrogen-bond acceptors (Lipinski definition) is 4. The number of nitrogens with zero attached hydrogens (tertiary/aromatic N) is 2. The van der Waals surface area contributed by atoms with Gasteiger partial charge in [0.15, 0.2) is 0 Å². The molecule has 1 amide bonds. The lowest BCUT2D eigenvalue weighted by atomic mass is 10.0. The second-order valence-corrected chi connectivity index (χ2v) is 6.78. The zero-order valence-electron chi connectivity index (χ0n) is 15.4. The predicted molar refractivity (Wildman–Crippen MR) is 102 cm³/mol. The Balaban J connectivity index is 2.18. The van der Waals surface area contributed by atoms with Gasteiger partial charge in [0.25, 0.3) is 5.91 Å². The molecule has 0 fully saturated rings. The van der Waals surface area contributed by atoms with E-state index in [0.29, 0.717) is 17.9 Å². The van der Waals surface area contributed by atoms with Crippen LogP contribution >= 0.6 is 0 Å². The molecule has 0 saturated heterocycles. The third-order valence-electron chi connectivity index (χ3n) is 5.25. The van der Waals surface area contributed by atoms with Crippen LogP contribution in [0.15, 0.2) is 18.3 Å². The van der Waals surface area contributed by atoms with Gasteiger partial charge in [0.2, 0.25) is 0 Å². The average Bonchev–Trinajstić information content (AvgIpc) is 2.77. The van der Waals surface area contributed by atoms with Crippen molar-refractivity contribution in [1.82, 2.24) is 14.9 Å². The number of carbonyl (C=O) groups is 1. The van der Waals surface area contributed by atoms with E-state index in [2.05, 4.69) is 10.3 Å². The van der Waals surface area contributed by atoms with Crippen molar-refractivity contribution >= 4 is 22.8 Å². The predicted octanol–water partition coefficient (Wildman–Crippen LogP) is 2.83. The molecule has 26 heavy (non-hydrogen) atoms. The summed E-state index contributed by atoms with van der Waals surface area (Å²) in [7, 11) is 1.65. The first-order chi connectivity index (χ1) is 12.5. The second kappa shape index (κ2) is 5.76. The van der Waals surface area contributed by atoms with E-state index in [0.717, 1.165) is 51.1 Å². The number of amides is 1. The van der Waals surface area contributed by atoms with E-state index in [1.165, 1.54) is 0 Å². The Hall–Kier alpha value is -3.02. The average molecular weight is 350 g/mol. The first kappa shape index (κ1) is 16.4. The van der Waals surface area contributed by atoms with E-state index in [1.807, 2.05) is 43.7 Å². The fraction of sp³-hybridized carbons (Fsp3) is 0.300.